The Morgan fingerprint density at radius 1 is 1.32 bits per heavy atom. The molecule has 0 bridgehead atoms. The zero-order valence-corrected chi connectivity index (χ0v) is 15.3. The maximum atomic E-state index is 14.0. The van der Waals surface area contributed by atoms with Gasteiger partial charge < -0.3 is 4.90 Å². The Labute approximate surface area is 150 Å². The molecule has 25 heavy (non-hydrogen) atoms. The van der Waals surface area contributed by atoms with Crippen molar-refractivity contribution in [2.45, 2.75) is 58.0 Å². The molecule has 2 aliphatic heterocycles. The van der Waals surface area contributed by atoms with Crippen molar-refractivity contribution in [3.05, 3.63) is 35.1 Å². The van der Waals surface area contributed by atoms with Crippen LogP contribution in [-0.4, -0.2) is 48.1 Å². The molecule has 4 aliphatic rings. The van der Waals surface area contributed by atoms with E-state index in [2.05, 4.69) is 11.0 Å². The van der Waals surface area contributed by atoms with Crippen molar-refractivity contribution in [3.8, 4) is 0 Å². The smallest absolute Gasteiger partial charge is 0.223 e. The van der Waals surface area contributed by atoms with E-state index in [1.807, 2.05) is 11.0 Å². The summed E-state index contributed by atoms with van der Waals surface area (Å²) in [6.07, 6.45) is 12.7. The monoisotopic (exact) mass is 344 g/mol. The highest BCUT2D eigenvalue weighted by atomic mass is 19.1. The lowest BCUT2D eigenvalue weighted by Gasteiger charge is -2.42. The summed E-state index contributed by atoms with van der Waals surface area (Å²) >= 11 is 0. The predicted molar refractivity (Wildman–Crippen MR) is 97.7 cm³/mol. The van der Waals surface area contributed by atoms with Crippen LogP contribution in [-0.2, 0) is 4.79 Å². The number of hydrogen-bond donors (Lipinski definition) is 0. The van der Waals surface area contributed by atoms with E-state index in [9.17, 15) is 9.18 Å². The third-order valence-electron chi connectivity index (χ3n) is 6.57. The van der Waals surface area contributed by atoms with E-state index in [1.165, 1.54) is 31.3 Å². The van der Waals surface area contributed by atoms with Crippen LogP contribution in [0.2, 0.25) is 0 Å². The van der Waals surface area contributed by atoms with Crippen LogP contribution in [0.15, 0.2) is 35.1 Å². The van der Waals surface area contributed by atoms with Crippen molar-refractivity contribution in [2.75, 3.05) is 26.2 Å². The van der Waals surface area contributed by atoms with Gasteiger partial charge >= 0.3 is 0 Å². The molecule has 4 heteroatoms. The first-order chi connectivity index (χ1) is 12.1. The second-order valence-corrected chi connectivity index (χ2v) is 8.21. The van der Waals surface area contributed by atoms with Gasteiger partial charge in [0.1, 0.15) is 6.17 Å². The number of fused-ring (bicyclic) bond motifs is 1. The second kappa shape index (κ2) is 6.71. The second-order valence-electron chi connectivity index (χ2n) is 8.21. The maximum Gasteiger partial charge on any atom is 0.223 e. The number of rotatable bonds is 2. The van der Waals surface area contributed by atoms with E-state index < -0.39 is 6.17 Å². The van der Waals surface area contributed by atoms with Crippen molar-refractivity contribution in [1.82, 2.24) is 9.80 Å². The minimum atomic E-state index is -0.895. The molecule has 136 valence electrons. The molecular weight excluding hydrogens is 315 g/mol. The van der Waals surface area contributed by atoms with Gasteiger partial charge in [-0.3, -0.25) is 9.69 Å². The molecule has 0 aromatic carbocycles. The molecule has 0 aromatic rings. The van der Waals surface area contributed by atoms with Crippen LogP contribution in [0, 0.1) is 5.41 Å². The van der Waals surface area contributed by atoms with Gasteiger partial charge in [-0.1, -0.05) is 11.6 Å². The van der Waals surface area contributed by atoms with Gasteiger partial charge in [-0.2, -0.15) is 0 Å². The number of carbonyl (C=O) groups excluding carboxylic acids is 1. The number of amides is 1. The molecule has 1 atom stereocenters. The van der Waals surface area contributed by atoms with Crippen molar-refractivity contribution in [2.24, 2.45) is 5.41 Å². The van der Waals surface area contributed by atoms with Crippen LogP contribution in [0.4, 0.5) is 4.39 Å². The van der Waals surface area contributed by atoms with Gasteiger partial charge in [-0.25, -0.2) is 4.39 Å². The van der Waals surface area contributed by atoms with Gasteiger partial charge in [-0.05, 0) is 69.3 Å². The number of allylic oxidation sites excluding steroid dienone is 3. The Morgan fingerprint density at radius 3 is 2.80 bits per heavy atom. The molecule has 2 heterocycles. The Bertz CT molecular complexity index is 640. The fraction of sp³-hybridized carbons (Fsp3) is 0.667. The molecule has 1 unspecified atom stereocenters. The van der Waals surface area contributed by atoms with Crippen LogP contribution < -0.4 is 0 Å². The lowest BCUT2D eigenvalue weighted by atomic mass is 9.71. The predicted octanol–water partition coefficient (Wildman–Crippen LogP) is 3.98. The molecule has 0 aromatic heterocycles. The zero-order chi connectivity index (χ0) is 17.4. The van der Waals surface area contributed by atoms with Crippen LogP contribution >= 0.6 is 0 Å². The van der Waals surface area contributed by atoms with Gasteiger partial charge in [0, 0.05) is 37.5 Å². The molecular formula is C21H29FN2O. The first kappa shape index (κ1) is 17.0. The highest BCUT2D eigenvalue weighted by Gasteiger charge is 2.47. The number of halogens is 1. The van der Waals surface area contributed by atoms with E-state index in [1.54, 1.807) is 18.6 Å². The van der Waals surface area contributed by atoms with Gasteiger partial charge in [0.05, 0.1) is 0 Å². The average Bonchev–Trinajstić information content (AvgIpc) is 2.92. The summed E-state index contributed by atoms with van der Waals surface area (Å²) in [5.74, 6) is 0.0844. The minimum absolute atomic E-state index is 0.00749. The van der Waals surface area contributed by atoms with Gasteiger partial charge in [0.15, 0.2) is 0 Å². The minimum Gasteiger partial charge on any atom is -0.312 e. The Morgan fingerprint density at radius 2 is 2.12 bits per heavy atom. The van der Waals surface area contributed by atoms with E-state index in [0.29, 0.717) is 6.42 Å². The Hall–Kier alpha value is -1.42. The van der Waals surface area contributed by atoms with Gasteiger partial charge in [0.2, 0.25) is 5.91 Å². The number of carbonyl (C=O) groups is 1. The van der Waals surface area contributed by atoms with Crippen molar-refractivity contribution in [3.63, 3.8) is 0 Å². The van der Waals surface area contributed by atoms with E-state index in [4.69, 9.17) is 0 Å². The first-order valence-corrected chi connectivity index (χ1v) is 9.82. The summed E-state index contributed by atoms with van der Waals surface area (Å²) < 4.78 is 14.0. The average molecular weight is 344 g/mol. The summed E-state index contributed by atoms with van der Waals surface area (Å²) in [6, 6.07) is 0. The van der Waals surface area contributed by atoms with Crippen LogP contribution in [0.3, 0.4) is 0 Å². The summed E-state index contributed by atoms with van der Waals surface area (Å²) in [4.78, 5) is 16.5. The molecule has 2 aliphatic carbocycles. The Kier molecular flexibility index (Phi) is 4.57. The molecule has 0 radical (unpaired) electrons. The van der Waals surface area contributed by atoms with Crippen molar-refractivity contribution in [1.29, 1.82) is 0 Å². The number of piperidine rings is 1. The molecule has 1 spiro atoms. The molecule has 1 amide bonds. The summed E-state index contributed by atoms with van der Waals surface area (Å²) in [5.41, 5.74) is 3.80. The van der Waals surface area contributed by atoms with Crippen LogP contribution in [0.25, 0.3) is 0 Å². The number of alkyl halides is 1. The van der Waals surface area contributed by atoms with Crippen molar-refractivity contribution < 1.29 is 9.18 Å². The topological polar surface area (TPSA) is 23.6 Å². The largest absolute Gasteiger partial charge is 0.312 e. The summed E-state index contributed by atoms with van der Waals surface area (Å²) in [5, 5.41) is 0. The van der Waals surface area contributed by atoms with Crippen LogP contribution in [0.5, 0.6) is 0 Å². The number of hydrogen-bond acceptors (Lipinski definition) is 2. The van der Waals surface area contributed by atoms with E-state index >= 15 is 0 Å². The normalized spacial score (nSPS) is 29.1. The number of likely N-dealkylation sites (tertiary alicyclic amines) is 1. The molecule has 1 fully saturated rings. The molecule has 0 N–H and O–H groups in total. The lowest BCUT2D eigenvalue weighted by molar-refractivity contribution is -0.127. The third kappa shape index (κ3) is 3.21. The maximum absolute atomic E-state index is 14.0. The van der Waals surface area contributed by atoms with E-state index in [-0.39, 0.29) is 11.3 Å². The third-order valence-corrected chi connectivity index (χ3v) is 6.57. The standard InChI is InChI=1S/C21H29FN2O/c1-16(25)24-15-21(19-13-18(22)7-8-20(19)24)9-11-23(12-10-21)14-17-5-3-2-4-6-17/h5,7-8,18H,2-4,6,9-15H2,1H3. The molecule has 4 rings (SSSR count). The fourth-order valence-corrected chi connectivity index (χ4v) is 5.10. The summed E-state index contributed by atoms with van der Waals surface area (Å²) in [6.45, 7) is 5.59. The lowest BCUT2D eigenvalue weighted by Crippen LogP contribution is -2.44. The number of nitrogens with zero attached hydrogens (tertiary/aromatic N) is 2. The zero-order valence-electron chi connectivity index (χ0n) is 15.3. The fourth-order valence-electron chi connectivity index (χ4n) is 5.10. The molecule has 1 saturated heterocycles. The first-order valence-electron chi connectivity index (χ1n) is 9.82. The van der Waals surface area contributed by atoms with E-state index in [0.717, 1.165) is 44.7 Å². The van der Waals surface area contributed by atoms with Crippen LogP contribution in [0.1, 0.15) is 51.9 Å². The highest BCUT2D eigenvalue weighted by Crippen LogP contribution is 2.50. The highest BCUT2D eigenvalue weighted by molar-refractivity contribution is 5.77. The quantitative estimate of drug-likeness (QED) is 0.707. The SMILES string of the molecule is CC(=O)N1CC2(CCN(CC3=CCCCC3)CC2)C2=C1C=CC(F)C2. The van der Waals surface area contributed by atoms with Gasteiger partial charge in [0.25, 0.3) is 0 Å². The summed E-state index contributed by atoms with van der Waals surface area (Å²) in [7, 11) is 0. The molecule has 0 saturated carbocycles. The Balaban J connectivity index is 1.48. The van der Waals surface area contributed by atoms with Crippen molar-refractivity contribution >= 4 is 5.91 Å². The van der Waals surface area contributed by atoms with Gasteiger partial charge in [-0.15, -0.1) is 0 Å². The molecule has 3 nitrogen and oxygen atoms in total.